The Labute approximate surface area is 94.4 Å². The van der Waals surface area contributed by atoms with E-state index < -0.39 is 42.8 Å². The Bertz CT molecular complexity index is 607. The molecule has 0 bridgehead atoms. The van der Waals surface area contributed by atoms with Crippen molar-refractivity contribution in [2.75, 3.05) is 5.73 Å². The first-order valence-electron chi connectivity index (χ1n) is 3.93. The molecule has 0 aromatic heterocycles. The van der Waals surface area contributed by atoms with Crippen molar-refractivity contribution < 1.29 is 27.8 Å². The van der Waals surface area contributed by atoms with Gasteiger partial charge in [0.15, 0.2) is 0 Å². The largest absolute Gasteiger partial charge is 0.501 e. The first-order chi connectivity index (χ1) is 7.64. The number of nitrogen functional groups attached to an aromatic ring is 1. The molecule has 0 unspecified atom stereocenters. The highest BCUT2D eigenvalue weighted by molar-refractivity contribution is 8.01. The van der Waals surface area contributed by atoms with Crippen molar-refractivity contribution in [1.29, 1.82) is 0 Å². The summed E-state index contributed by atoms with van der Waals surface area (Å²) in [6.07, 6.45) is 0. The van der Waals surface area contributed by atoms with Crippen molar-refractivity contribution in [2.45, 2.75) is 0 Å². The van der Waals surface area contributed by atoms with Crippen LogP contribution in [-0.2, 0) is 10.1 Å². The Kier molecular flexibility index (Phi) is 3.02. The van der Waals surface area contributed by atoms with Crippen LogP contribution < -0.4 is 5.73 Å². The number of carbonyl (C=O) groups excluding carboxylic acids is 1. The van der Waals surface area contributed by atoms with Crippen LogP contribution in [0.5, 0.6) is 5.75 Å². The second kappa shape index (κ2) is 3.99. The average molecular weight is 262 g/mol. The lowest BCUT2D eigenvalue weighted by Crippen LogP contribution is -2.14. The lowest BCUT2D eigenvalue weighted by molar-refractivity contribution is -0.385. The van der Waals surface area contributed by atoms with Gasteiger partial charge in [0.05, 0.1) is 10.6 Å². The zero-order valence-corrected chi connectivity index (χ0v) is 8.84. The van der Waals surface area contributed by atoms with Crippen molar-refractivity contribution in [3.63, 3.8) is 0 Å². The van der Waals surface area contributed by atoms with Crippen molar-refractivity contribution in [1.82, 2.24) is 0 Å². The van der Waals surface area contributed by atoms with E-state index in [4.69, 9.17) is 10.3 Å². The first-order valence-corrected chi connectivity index (χ1v) is 5.37. The molecule has 0 heterocycles. The van der Waals surface area contributed by atoms with E-state index in [0.717, 1.165) is 0 Å². The number of phenols is 1. The van der Waals surface area contributed by atoms with Crippen LogP contribution in [0.3, 0.4) is 0 Å². The van der Waals surface area contributed by atoms with Gasteiger partial charge in [-0.25, -0.2) is 0 Å². The van der Waals surface area contributed by atoms with E-state index in [0.29, 0.717) is 12.1 Å². The number of nitrogens with two attached hydrogens (primary N) is 1. The second-order valence-electron chi connectivity index (χ2n) is 2.95. The van der Waals surface area contributed by atoms with Gasteiger partial charge >= 0.3 is 20.9 Å². The number of nitro groups is 1. The van der Waals surface area contributed by atoms with Crippen molar-refractivity contribution in [2.24, 2.45) is 0 Å². The normalized spacial score (nSPS) is 11.1. The minimum atomic E-state index is -5.03. The molecule has 0 amide bonds. The maximum atomic E-state index is 11.1. The number of rotatable bonds is 2. The summed E-state index contributed by atoms with van der Waals surface area (Å²) in [7, 11) is -5.03. The van der Waals surface area contributed by atoms with Crippen LogP contribution in [0.25, 0.3) is 0 Å². The van der Waals surface area contributed by atoms with Crippen molar-refractivity contribution in [3.8, 4) is 5.75 Å². The smallest absolute Gasteiger partial charge is 0.333 e. The topological polar surface area (TPSA) is 161 Å². The molecule has 0 aliphatic rings. The maximum Gasteiger partial charge on any atom is 0.333 e. The zero-order valence-electron chi connectivity index (χ0n) is 8.02. The van der Waals surface area contributed by atoms with Gasteiger partial charge in [0.2, 0.25) is 5.75 Å². The number of nitrogens with zero attached hydrogens (tertiary/aromatic N) is 1. The van der Waals surface area contributed by atoms with Crippen LogP contribution in [-0.4, -0.2) is 28.1 Å². The number of hydrogen-bond acceptors (Lipinski definition) is 7. The van der Waals surface area contributed by atoms with E-state index in [2.05, 4.69) is 0 Å². The molecule has 0 saturated carbocycles. The molecule has 17 heavy (non-hydrogen) atoms. The lowest BCUT2D eigenvalue weighted by atomic mass is 10.1. The highest BCUT2D eigenvalue weighted by atomic mass is 32.2. The minimum absolute atomic E-state index is 0.502. The summed E-state index contributed by atoms with van der Waals surface area (Å²) in [6, 6.07) is 1.21. The van der Waals surface area contributed by atoms with Gasteiger partial charge in [0, 0.05) is 11.6 Å². The van der Waals surface area contributed by atoms with Crippen LogP contribution in [0, 0.1) is 10.1 Å². The highest BCUT2D eigenvalue weighted by Crippen LogP contribution is 2.33. The molecule has 0 atom stereocenters. The van der Waals surface area contributed by atoms with Crippen molar-refractivity contribution >= 4 is 26.6 Å². The van der Waals surface area contributed by atoms with E-state index in [1.165, 1.54) is 0 Å². The molecule has 10 heteroatoms. The SMILES string of the molecule is Nc1cc(C(=O)S(=O)(=O)O)cc([N+](=O)[O-])c1O. The van der Waals surface area contributed by atoms with Gasteiger partial charge in [-0.1, -0.05) is 0 Å². The predicted molar refractivity (Wildman–Crippen MR) is 55.1 cm³/mol. The molecule has 1 aromatic carbocycles. The minimum Gasteiger partial charge on any atom is -0.501 e. The van der Waals surface area contributed by atoms with Crippen LogP contribution >= 0.6 is 0 Å². The molecule has 1 rings (SSSR count). The summed E-state index contributed by atoms with van der Waals surface area (Å²) in [6.45, 7) is 0. The summed E-state index contributed by atoms with van der Waals surface area (Å²) >= 11 is 0. The monoisotopic (exact) mass is 262 g/mol. The third kappa shape index (κ3) is 2.49. The van der Waals surface area contributed by atoms with E-state index in [-0.39, 0.29) is 0 Å². The Balaban J connectivity index is 3.50. The first kappa shape index (κ1) is 12.9. The molecule has 9 nitrogen and oxygen atoms in total. The van der Waals surface area contributed by atoms with Gasteiger partial charge in [-0.05, 0) is 6.07 Å². The summed E-state index contributed by atoms with van der Waals surface area (Å²) in [5.74, 6) is -0.887. The predicted octanol–water partition coefficient (Wildman–Crippen LogP) is -0.0894. The van der Waals surface area contributed by atoms with Gasteiger partial charge in [-0.15, -0.1) is 0 Å². The maximum absolute atomic E-state index is 11.1. The summed E-state index contributed by atoms with van der Waals surface area (Å²) in [5, 5.41) is 17.9. The van der Waals surface area contributed by atoms with Crippen LogP contribution in [0.1, 0.15) is 10.4 Å². The average Bonchev–Trinajstić information content (AvgIpc) is 2.19. The molecule has 0 spiro atoms. The summed E-state index contributed by atoms with van der Waals surface area (Å²) in [4.78, 5) is 20.5. The van der Waals surface area contributed by atoms with Crippen LogP contribution in [0.2, 0.25) is 0 Å². The van der Waals surface area contributed by atoms with Crippen molar-refractivity contribution in [3.05, 3.63) is 27.8 Å². The Hall–Kier alpha value is -2.20. The molecule has 0 fully saturated rings. The third-order valence-corrected chi connectivity index (χ3v) is 2.49. The number of carbonyl (C=O) groups is 1. The molecular formula is C7H6N2O7S. The number of hydrogen-bond donors (Lipinski definition) is 3. The molecule has 4 N–H and O–H groups in total. The van der Waals surface area contributed by atoms with E-state index in [1.807, 2.05) is 0 Å². The molecule has 0 radical (unpaired) electrons. The fourth-order valence-corrected chi connectivity index (χ4v) is 1.46. The van der Waals surface area contributed by atoms with Crippen LogP contribution in [0.15, 0.2) is 12.1 Å². The Morgan fingerprint density at radius 3 is 2.35 bits per heavy atom. The number of aromatic hydroxyl groups is 1. The number of anilines is 1. The van der Waals surface area contributed by atoms with Crippen LogP contribution in [0.4, 0.5) is 11.4 Å². The highest BCUT2D eigenvalue weighted by Gasteiger charge is 2.26. The lowest BCUT2D eigenvalue weighted by Gasteiger charge is -2.03. The fraction of sp³-hybridized carbons (Fsp3) is 0. The standard InChI is InChI=1S/C7H6N2O7S/c8-4-1-3(7(11)17(14,15)16)2-5(6(4)10)9(12)13/h1-2,10H,8H2,(H,14,15,16). The van der Waals surface area contributed by atoms with Gasteiger partial charge in [-0.2, -0.15) is 8.42 Å². The van der Waals surface area contributed by atoms with E-state index in [9.17, 15) is 28.4 Å². The van der Waals surface area contributed by atoms with E-state index in [1.54, 1.807) is 0 Å². The van der Waals surface area contributed by atoms with Gasteiger partial charge in [0.1, 0.15) is 0 Å². The molecule has 1 aromatic rings. The number of nitro benzene ring substituents is 1. The van der Waals surface area contributed by atoms with Gasteiger partial charge < -0.3 is 10.8 Å². The molecule has 92 valence electrons. The summed E-state index contributed by atoms with van der Waals surface area (Å²) in [5.41, 5.74) is 2.96. The Morgan fingerprint density at radius 2 is 1.94 bits per heavy atom. The third-order valence-electron chi connectivity index (χ3n) is 1.79. The number of benzene rings is 1. The van der Waals surface area contributed by atoms with Gasteiger partial charge in [0.25, 0.3) is 0 Å². The van der Waals surface area contributed by atoms with Gasteiger partial charge in [-0.3, -0.25) is 19.5 Å². The zero-order chi connectivity index (χ0) is 13.4. The van der Waals surface area contributed by atoms with E-state index >= 15 is 0 Å². The number of phenolic OH excluding ortho intramolecular Hbond substituents is 1. The molecular weight excluding hydrogens is 256 g/mol. The fourth-order valence-electron chi connectivity index (χ4n) is 1.05. The Morgan fingerprint density at radius 1 is 1.41 bits per heavy atom. The second-order valence-corrected chi connectivity index (χ2v) is 4.27. The molecule has 0 aliphatic carbocycles. The molecule has 0 aliphatic heterocycles. The molecule has 0 saturated heterocycles. The summed E-state index contributed by atoms with van der Waals surface area (Å²) < 4.78 is 29.6. The quantitative estimate of drug-likeness (QED) is 0.219.